The predicted molar refractivity (Wildman–Crippen MR) is 85.4 cm³/mol. The topological polar surface area (TPSA) is 58.5 Å². The predicted octanol–water partition coefficient (Wildman–Crippen LogP) is 1.93. The van der Waals surface area contributed by atoms with Crippen molar-refractivity contribution in [1.82, 2.24) is 9.97 Å². The molecular weight excluding hydrogens is 278 g/mol. The van der Waals surface area contributed by atoms with Crippen LogP contribution in [0, 0.1) is 6.92 Å². The second-order valence-corrected chi connectivity index (χ2v) is 5.83. The Labute approximate surface area is 130 Å². The van der Waals surface area contributed by atoms with Crippen LogP contribution in [0.25, 0.3) is 0 Å². The highest BCUT2D eigenvalue weighted by Gasteiger charge is 2.40. The summed E-state index contributed by atoms with van der Waals surface area (Å²) >= 11 is 0. The van der Waals surface area contributed by atoms with Gasteiger partial charge in [0.15, 0.2) is 0 Å². The zero-order chi connectivity index (χ0) is 15.6. The first kappa shape index (κ1) is 14.8. The number of aromatic nitrogens is 2. The molecule has 1 atom stereocenters. The summed E-state index contributed by atoms with van der Waals surface area (Å²) in [6.07, 6.45) is 0.882. The van der Waals surface area contributed by atoms with Gasteiger partial charge in [-0.1, -0.05) is 30.3 Å². The lowest BCUT2D eigenvalue weighted by molar-refractivity contribution is 0.206. The molecule has 22 heavy (non-hydrogen) atoms. The van der Waals surface area contributed by atoms with Gasteiger partial charge in [0.05, 0.1) is 13.7 Å². The van der Waals surface area contributed by atoms with Gasteiger partial charge in [0, 0.05) is 30.3 Å². The van der Waals surface area contributed by atoms with Crippen LogP contribution >= 0.6 is 0 Å². The van der Waals surface area contributed by atoms with E-state index >= 15 is 0 Å². The van der Waals surface area contributed by atoms with Crippen molar-refractivity contribution in [3.8, 4) is 5.88 Å². The van der Waals surface area contributed by atoms with Gasteiger partial charge < -0.3 is 14.7 Å². The van der Waals surface area contributed by atoms with Gasteiger partial charge in [0.2, 0.25) is 11.8 Å². The lowest BCUT2D eigenvalue weighted by Gasteiger charge is -2.27. The molecule has 0 saturated carbocycles. The normalized spacial score (nSPS) is 21.1. The second-order valence-electron chi connectivity index (χ2n) is 5.83. The number of nitrogens with zero attached hydrogens (tertiary/aromatic N) is 3. The molecule has 1 aliphatic rings. The zero-order valence-corrected chi connectivity index (χ0v) is 13.0. The molecule has 0 aliphatic carbocycles. The molecule has 1 fully saturated rings. The zero-order valence-electron chi connectivity index (χ0n) is 13.0. The number of hydrogen-bond donors (Lipinski definition) is 1. The van der Waals surface area contributed by atoms with E-state index in [1.165, 1.54) is 5.56 Å². The molecule has 0 spiro atoms. The maximum Gasteiger partial charge on any atom is 0.228 e. The molecule has 116 valence electrons. The van der Waals surface area contributed by atoms with E-state index in [1.807, 2.05) is 31.2 Å². The minimum Gasteiger partial charge on any atom is -0.481 e. The average Bonchev–Trinajstić information content (AvgIpc) is 3.01. The third-order valence-corrected chi connectivity index (χ3v) is 4.35. The molecule has 0 amide bonds. The summed E-state index contributed by atoms with van der Waals surface area (Å²) in [5.41, 5.74) is 1.80. The van der Waals surface area contributed by atoms with E-state index in [1.54, 1.807) is 7.11 Å². The summed E-state index contributed by atoms with van der Waals surface area (Å²) in [6.45, 7) is 3.58. The van der Waals surface area contributed by atoms with Crippen molar-refractivity contribution in [1.29, 1.82) is 0 Å². The number of hydrogen-bond acceptors (Lipinski definition) is 5. The van der Waals surface area contributed by atoms with Crippen LogP contribution in [-0.2, 0) is 5.41 Å². The highest BCUT2D eigenvalue weighted by Crippen LogP contribution is 2.35. The maximum atomic E-state index is 10.00. The molecule has 0 bridgehead atoms. The second kappa shape index (κ2) is 5.93. The van der Waals surface area contributed by atoms with E-state index in [4.69, 9.17) is 4.74 Å². The molecule has 3 rings (SSSR count). The van der Waals surface area contributed by atoms with Crippen LogP contribution in [0.2, 0.25) is 0 Å². The number of anilines is 1. The van der Waals surface area contributed by atoms with Gasteiger partial charge in [-0.15, -0.1) is 0 Å². The highest BCUT2D eigenvalue weighted by molar-refractivity contribution is 5.41. The SMILES string of the molecule is COc1cc(C)nc(N2CCC(CO)(c3ccccc3)C2)n1. The van der Waals surface area contributed by atoms with Crippen LogP contribution in [0.4, 0.5) is 5.95 Å². The Hall–Kier alpha value is -2.14. The maximum absolute atomic E-state index is 10.00. The van der Waals surface area contributed by atoms with Gasteiger partial charge in [0.1, 0.15) is 0 Å². The molecule has 2 aromatic rings. The summed E-state index contributed by atoms with van der Waals surface area (Å²) in [5, 5.41) is 10.00. The number of benzene rings is 1. The largest absolute Gasteiger partial charge is 0.481 e. The van der Waals surface area contributed by atoms with Gasteiger partial charge in [-0.3, -0.25) is 0 Å². The minimum absolute atomic E-state index is 0.121. The first-order chi connectivity index (χ1) is 10.7. The molecule has 1 aliphatic heterocycles. The van der Waals surface area contributed by atoms with E-state index in [9.17, 15) is 5.11 Å². The molecular formula is C17H21N3O2. The number of rotatable bonds is 4. The van der Waals surface area contributed by atoms with Crippen LogP contribution < -0.4 is 9.64 Å². The van der Waals surface area contributed by atoms with E-state index in [-0.39, 0.29) is 12.0 Å². The number of aryl methyl sites for hydroxylation is 1. The van der Waals surface area contributed by atoms with Gasteiger partial charge >= 0.3 is 0 Å². The lowest BCUT2D eigenvalue weighted by Crippen LogP contribution is -2.35. The van der Waals surface area contributed by atoms with Crippen molar-refractivity contribution < 1.29 is 9.84 Å². The summed E-state index contributed by atoms with van der Waals surface area (Å²) < 4.78 is 5.23. The standard InChI is InChI=1S/C17H21N3O2/c1-13-10-15(22-2)19-16(18-13)20-9-8-17(11-20,12-21)14-6-4-3-5-7-14/h3-7,10,21H,8-9,11-12H2,1-2H3. The Balaban J connectivity index is 1.89. The minimum atomic E-state index is -0.248. The lowest BCUT2D eigenvalue weighted by atomic mass is 9.80. The van der Waals surface area contributed by atoms with Gasteiger partial charge in [-0.2, -0.15) is 4.98 Å². The van der Waals surface area contributed by atoms with Crippen LogP contribution in [-0.4, -0.2) is 41.9 Å². The van der Waals surface area contributed by atoms with Crippen molar-refractivity contribution in [2.24, 2.45) is 0 Å². The van der Waals surface area contributed by atoms with Gasteiger partial charge in [-0.05, 0) is 18.9 Å². The molecule has 1 aromatic heterocycles. The summed E-state index contributed by atoms with van der Waals surface area (Å²) in [7, 11) is 1.61. The van der Waals surface area contributed by atoms with Crippen molar-refractivity contribution in [3.05, 3.63) is 47.7 Å². The number of ether oxygens (including phenoxy) is 1. The van der Waals surface area contributed by atoms with Gasteiger partial charge in [-0.25, -0.2) is 4.98 Å². The first-order valence-electron chi connectivity index (χ1n) is 7.48. The van der Waals surface area contributed by atoms with Crippen LogP contribution in [0.3, 0.4) is 0 Å². The van der Waals surface area contributed by atoms with E-state index < -0.39 is 0 Å². The molecule has 2 heterocycles. The Morgan fingerprint density at radius 2 is 2.05 bits per heavy atom. The third kappa shape index (κ3) is 2.64. The fourth-order valence-corrected chi connectivity index (χ4v) is 3.06. The van der Waals surface area contributed by atoms with Crippen LogP contribution in [0.1, 0.15) is 17.7 Å². The molecule has 1 N–H and O–H groups in total. The van der Waals surface area contributed by atoms with Crippen LogP contribution in [0.5, 0.6) is 5.88 Å². The monoisotopic (exact) mass is 299 g/mol. The summed E-state index contributed by atoms with van der Waals surface area (Å²) in [5.74, 6) is 1.24. The highest BCUT2D eigenvalue weighted by atomic mass is 16.5. The third-order valence-electron chi connectivity index (χ3n) is 4.35. The fourth-order valence-electron chi connectivity index (χ4n) is 3.06. The first-order valence-corrected chi connectivity index (χ1v) is 7.48. The molecule has 1 saturated heterocycles. The van der Waals surface area contributed by atoms with Crippen molar-refractivity contribution >= 4 is 5.95 Å². The molecule has 0 radical (unpaired) electrons. The molecule has 5 nitrogen and oxygen atoms in total. The summed E-state index contributed by atoms with van der Waals surface area (Å²) in [6, 6.07) is 12.0. The smallest absolute Gasteiger partial charge is 0.228 e. The number of aliphatic hydroxyl groups is 1. The Morgan fingerprint density at radius 1 is 1.27 bits per heavy atom. The number of aliphatic hydroxyl groups excluding tert-OH is 1. The van der Waals surface area contributed by atoms with Crippen molar-refractivity contribution in [2.75, 3.05) is 31.7 Å². The van der Waals surface area contributed by atoms with Crippen molar-refractivity contribution in [3.63, 3.8) is 0 Å². The molecule has 1 unspecified atom stereocenters. The van der Waals surface area contributed by atoms with Gasteiger partial charge in [0.25, 0.3) is 0 Å². The summed E-state index contributed by atoms with van der Waals surface area (Å²) in [4.78, 5) is 11.1. The van der Waals surface area contributed by atoms with Crippen molar-refractivity contribution in [2.45, 2.75) is 18.8 Å². The Morgan fingerprint density at radius 3 is 2.73 bits per heavy atom. The van der Waals surface area contributed by atoms with E-state index in [0.717, 1.165) is 18.7 Å². The molecule has 5 heteroatoms. The number of methoxy groups -OCH3 is 1. The van der Waals surface area contributed by atoms with E-state index in [2.05, 4.69) is 27.0 Å². The van der Waals surface area contributed by atoms with E-state index in [0.29, 0.717) is 18.4 Å². The average molecular weight is 299 g/mol. The Kier molecular flexibility index (Phi) is 3.98. The Bertz CT molecular complexity index is 648. The fraction of sp³-hybridized carbons (Fsp3) is 0.412. The quantitative estimate of drug-likeness (QED) is 0.935. The van der Waals surface area contributed by atoms with Crippen LogP contribution in [0.15, 0.2) is 36.4 Å². The molecule has 1 aromatic carbocycles.